The summed E-state index contributed by atoms with van der Waals surface area (Å²) in [6, 6.07) is 22.2. The highest BCUT2D eigenvalue weighted by atomic mass is 16.6. The number of nitrogens with one attached hydrogen (secondary N) is 3. The zero-order valence-electron chi connectivity index (χ0n) is 63.4. The summed E-state index contributed by atoms with van der Waals surface area (Å²) >= 11 is 0. The van der Waals surface area contributed by atoms with Crippen molar-refractivity contribution in [3.05, 3.63) is 166 Å². The monoisotopic (exact) mass is 1470 g/mol. The van der Waals surface area contributed by atoms with Gasteiger partial charge in [-0.3, -0.25) is 19.2 Å². The Morgan fingerprint density at radius 1 is 0.748 bits per heavy atom. The molecule has 1 aliphatic heterocycles. The van der Waals surface area contributed by atoms with Gasteiger partial charge in [0.1, 0.15) is 36.1 Å². The minimum absolute atomic E-state index is 0.00531. The van der Waals surface area contributed by atoms with Crippen LogP contribution in [0, 0.1) is 51.2 Å². The molecule has 12 rings (SSSR count). The molecule has 3 aromatic rings. The molecule has 20 atom stereocenters. The molecule has 8 fully saturated rings. The summed E-state index contributed by atoms with van der Waals surface area (Å²) in [5.41, 5.74) is -6.82. The summed E-state index contributed by atoms with van der Waals surface area (Å²) in [5.74, 6) is -5.80. The van der Waals surface area contributed by atoms with Gasteiger partial charge < -0.3 is 69.5 Å². The number of rotatable bonds is 19. The minimum Gasteiger partial charge on any atom is -0.456 e. The number of hydrogen-bond acceptors (Lipinski definition) is 19. The second-order valence-electron chi connectivity index (χ2n) is 34.1. The maximum atomic E-state index is 16.8. The Morgan fingerprint density at radius 2 is 1.41 bits per heavy atom. The Bertz CT molecular complexity index is 4050. The Morgan fingerprint density at radius 3 is 2.05 bits per heavy atom. The number of ether oxygens (including phenoxy) is 7. The van der Waals surface area contributed by atoms with Crippen molar-refractivity contribution in [2.45, 2.75) is 250 Å². The summed E-state index contributed by atoms with van der Waals surface area (Å²) in [6.07, 6.45) is 2.28. The molecular weight excluding hydrogens is 1370 g/mol. The molecule has 7 saturated carbocycles. The smallest absolute Gasteiger partial charge is 0.407 e. The van der Waals surface area contributed by atoms with Crippen LogP contribution < -0.4 is 16.0 Å². The van der Waals surface area contributed by atoms with Crippen LogP contribution in [0.15, 0.2) is 150 Å². The van der Waals surface area contributed by atoms with Crippen LogP contribution in [0.2, 0.25) is 0 Å². The molecule has 107 heavy (non-hydrogen) atoms. The van der Waals surface area contributed by atoms with E-state index in [9.17, 15) is 44.4 Å². The molecule has 8 aliphatic carbocycles. The number of Topliss-reactive ketones (excluding diaryl/α,β-unsaturated/α-hetero) is 1. The maximum Gasteiger partial charge on any atom is 0.407 e. The van der Waals surface area contributed by atoms with Gasteiger partial charge in [0.2, 0.25) is 0 Å². The second kappa shape index (κ2) is 30.3. The maximum absolute atomic E-state index is 16.8. The molecule has 3 aromatic carbocycles. The number of hydrogen-bond donors (Lipinski definition) is 7. The number of amides is 3. The van der Waals surface area contributed by atoms with Crippen LogP contribution in [-0.2, 0) is 52.3 Å². The number of aliphatic hydroxyl groups is 4. The van der Waals surface area contributed by atoms with E-state index in [1.807, 2.05) is 26.8 Å². The van der Waals surface area contributed by atoms with Crippen molar-refractivity contribution >= 4 is 47.8 Å². The SMILES string of the molecule is C=C1/C(=C\C=C2/CCC[C@@]3(C)C2CCC3[C@@H](C)/C=C/C(O)C2CC2)C[C@@H](OC(=O)NC2CC(C)(C)CC(C)(NC(=O)OC3CC4OCC4(OC(C)=O)C4C(OC(=O)c5ccccc5)C5(O)CC(OC(=O)C(O)C(NC(=O)c6ccccc6)c6ccccc6)C(C)=C(C(OC(C)=O)C(=O)C34C)C5(C)C)C2)C[C@@H]1O. The van der Waals surface area contributed by atoms with Crippen LogP contribution >= 0.6 is 0 Å². The first-order valence-electron chi connectivity index (χ1n) is 38.1. The first-order chi connectivity index (χ1) is 50.5. The quantitative estimate of drug-likeness (QED) is 0.0333. The molecule has 576 valence electrons. The third kappa shape index (κ3) is 15.5. The number of fused-ring (bicyclic) bond motifs is 6. The van der Waals surface area contributed by atoms with Gasteiger partial charge in [-0.05, 0) is 172 Å². The number of allylic oxidation sites excluding steroid dienone is 4. The largest absolute Gasteiger partial charge is 0.456 e. The molecule has 7 N–H and O–H groups in total. The van der Waals surface area contributed by atoms with E-state index in [-0.39, 0.29) is 53.1 Å². The molecule has 1 saturated heterocycles. The van der Waals surface area contributed by atoms with Crippen molar-refractivity contribution in [2.75, 3.05) is 6.61 Å². The van der Waals surface area contributed by atoms with Gasteiger partial charge in [-0.25, -0.2) is 19.2 Å². The lowest BCUT2D eigenvalue weighted by Crippen LogP contribution is -2.82. The fraction of sp³-hybridized carbons (Fsp3) is 0.576. The summed E-state index contributed by atoms with van der Waals surface area (Å²) in [6.45, 7) is 22.6. The van der Waals surface area contributed by atoms with Crippen LogP contribution in [0.4, 0.5) is 9.59 Å². The van der Waals surface area contributed by atoms with E-state index in [4.69, 9.17) is 33.2 Å². The normalized spacial score (nSPS) is 35.3. The molecule has 0 radical (unpaired) electrons. The zero-order valence-corrected chi connectivity index (χ0v) is 63.4. The van der Waals surface area contributed by atoms with Gasteiger partial charge in [0.05, 0.1) is 41.8 Å². The Balaban J connectivity index is 0.817. The van der Waals surface area contributed by atoms with Gasteiger partial charge in [0.25, 0.3) is 5.91 Å². The third-order valence-electron chi connectivity index (χ3n) is 25.7. The number of aliphatic hydroxyl groups excluding tert-OH is 3. The van der Waals surface area contributed by atoms with E-state index >= 15 is 14.4 Å². The van der Waals surface area contributed by atoms with Gasteiger partial charge in [0, 0.05) is 62.1 Å². The molecule has 22 heteroatoms. The molecular formula is C85H107N3O19. The minimum atomic E-state index is -2.56. The van der Waals surface area contributed by atoms with E-state index in [0.29, 0.717) is 54.1 Å². The van der Waals surface area contributed by atoms with E-state index in [2.05, 4.69) is 54.6 Å². The average molecular weight is 1470 g/mol. The molecule has 0 aromatic heterocycles. The van der Waals surface area contributed by atoms with Crippen molar-refractivity contribution in [1.29, 1.82) is 0 Å². The van der Waals surface area contributed by atoms with Crippen molar-refractivity contribution < 1.29 is 91.9 Å². The molecule has 3 amide bonds. The fourth-order valence-corrected chi connectivity index (χ4v) is 20.5. The molecule has 2 bridgehead atoms. The summed E-state index contributed by atoms with van der Waals surface area (Å²) < 4.78 is 44.6. The number of ketones is 1. The van der Waals surface area contributed by atoms with E-state index in [0.717, 1.165) is 64.4 Å². The first kappa shape index (κ1) is 78.3. The standard InChI is InChI=1S/C85H107N3O19/c1-47(30-37-62(91)53-32-33-53)60-35-36-61-52(29-22-38-82(60,61)11)31-34-57-39-59(40-63(92)48(57)2)103-77(98)86-58-42-79(6,7)45-81(10,43-58)88-78(99)105-65-41-66-84(46-101-66,107-51(5)90)71-73(106-75(96)56-27-20-15-21-28-56)85(100)44-64(49(3)67(80(85,8)9)70(102-50(4)89)72(94)83(65,71)12)104-76(97)69(93)68(54-23-16-13-17-24-54)87-74(95)55-25-18-14-19-26-55/h13-21,23-28,30-31,34,37,47,53,58-66,68-71,73,91-93,100H,2,22,29,32-33,35-36,38-46H2,1,3-12H3,(H,86,98)(H,87,95)(H,88,99)/b37-30+,52-31+,57-34-/t47-,58?,59+,60?,61?,62?,63-,64?,65?,66?,68?,69?,70?,71?,73?,81?,82+,83?,84?,85?/m0/s1. The lowest BCUT2D eigenvalue weighted by atomic mass is 9.44. The molecule has 1 heterocycles. The van der Waals surface area contributed by atoms with Crippen molar-refractivity contribution in [3.8, 4) is 0 Å². The highest BCUT2D eigenvalue weighted by molar-refractivity contribution is 5.97. The highest BCUT2D eigenvalue weighted by Crippen LogP contribution is 2.66. The fourth-order valence-electron chi connectivity index (χ4n) is 20.5. The van der Waals surface area contributed by atoms with Crippen LogP contribution in [0.1, 0.15) is 198 Å². The second-order valence-corrected chi connectivity index (χ2v) is 34.1. The van der Waals surface area contributed by atoms with Crippen molar-refractivity contribution in [3.63, 3.8) is 0 Å². The highest BCUT2D eigenvalue weighted by Gasteiger charge is 2.79. The summed E-state index contributed by atoms with van der Waals surface area (Å²) in [4.78, 5) is 118. The van der Waals surface area contributed by atoms with Gasteiger partial charge in [-0.1, -0.05) is 145 Å². The van der Waals surface area contributed by atoms with Gasteiger partial charge in [-0.15, -0.1) is 0 Å². The van der Waals surface area contributed by atoms with Gasteiger partial charge in [0.15, 0.2) is 23.6 Å². The Kier molecular flexibility index (Phi) is 22.2. The van der Waals surface area contributed by atoms with Crippen LogP contribution in [-0.4, -0.2) is 153 Å². The number of esters is 4. The number of benzene rings is 3. The molecule has 0 spiro atoms. The number of carbonyl (C=O) groups excluding carboxylic acids is 8. The zero-order chi connectivity index (χ0) is 77.1. The summed E-state index contributed by atoms with van der Waals surface area (Å²) in [5, 5.41) is 57.5. The first-order valence-corrected chi connectivity index (χ1v) is 38.1. The van der Waals surface area contributed by atoms with Crippen LogP contribution in [0.5, 0.6) is 0 Å². The van der Waals surface area contributed by atoms with E-state index in [1.165, 1.54) is 31.6 Å². The van der Waals surface area contributed by atoms with Gasteiger partial charge in [-0.2, -0.15) is 0 Å². The topological polar surface area (TPSA) is 318 Å². The lowest BCUT2D eigenvalue weighted by molar-refractivity contribution is -0.345. The predicted molar refractivity (Wildman–Crippen MR) is 394 cm³/mol. The predicted octanol–water partition coefficient (Wildman–Crippen LogP) is 11.6. The number of alkyl carbamates (subject to hydrolysis) is 2. The Labute approximate surface area is 626 Å². The molecule has 9 aliphatic rings. The summed E-state index contributed by atoms with van der Waals surface area (Å²) in [7, 11) is 0. The van der Waals surface area contributed by atoms with Crippen LogP contribution in [0.3, 0.4) is 0 Å². The van der Waals surface area contributed by atoms with Gasteiger partial charge >= 0.3 is 36.1 Å². The van der Waals surface area contributed by atoms with Crippen molar-refractivity contribution in [1.82, 2.24) is 16.0 Å². The average Bonchev–Trinajstić information content (AvgIpc) is 1.26. The van der Waals surface area contributed by atoms with Crippen molar-refractivity contribution in [2.24, 2.45) is 51.2 Å². The Hall–Kier alpha value is -8.28. The third-order valence-corrected chi connectivity index (χ3v) is 25.7. The molecule has 16 unspecified atom stereocenters. The van der Waals surface area contributed by atoms with Crippen LogP contribution in [0.25, 0.3) is 0 Å². The number of carbonyl (C=O) groups is 8. The lowest BCUT2D eigenvalue weighted by Gasteiger charge is -2.67. The molecule has 22 nitrogen and oxygen atoms in total. The van der Waals surface area contributed by atoms with E-state index in [1.54, 1.807) is 92.7 Å². The van der Waals surface area contributed by atoms with E-state index < -0.39 is 161 Å².